The minimum Gasteiger partial charge on any atom is -0.482 e. The van der Waals surface area contributed by atoms with Crippen LogP contribution in [0.15, 0.2) is 65.6 Å². The van der Waals surface area contributed by atoms with E-state index in [1.54, 1.807) is 37.3 Å². The highest BCUT2D eigenvalue weighted by molar-refractivity contribution is 7.99. The molecule has 0 saturated heterocycles. The first-order valence-corrected chi connectivity index (χ1v) is 11.1. The van der Waals surface area contributed by atoms with Crippen LogP contribution in [0.5, 0.6) is 11.5 Å². The van der Waals surface area contributed by atoms with E-state index in [0.29, 0.717) is 28.0 Å². The molecule has 0 fully saturated rings. The Bertz CT molecular complexity index is 1360. The van der Waals surface area contributed by atoms with Crippen molar-refractivity contribution < 1.29 is 36.9 Å². The van der Waals surface area contributed by atoms with Gasteiger partial charge in [0.15, 0.2) is 6.61 Å². The molecule has 0 spiro atoms. The van der Waals surface area contributed by atoms with E-state index in [1.807, 2.05) is 0 Å². The zero-order chi connectivity index (χ0) is 25.2. The largest absolute Gasteiger partial charge is 0.573 e. The number of H-pyrrole nitrogens is 1. The van der Waals surface area contributed by atoms with E-state index in [9.17, 15) is 22.4 Å². The molecule has 0 aliphatic carbocycles. The Morgan fingerprint density at radius 2 is 1.89 bits per heavy atom. The third-order valence-corrected chi connectivity index (χ3v) is 6.25. The minimum atomic E-state index is -4.81. The summed E-state index contributed by atoms with van der Waals surface area (Å²) in [5, 5.41) is 15.9. The van der Waals surface area contributed by atoms with Crippen LogP contribution < -0.4 is 9.47 Å². The summed E-state index contributed by atoms with van der Waals surface area (Å²) >= 11 is 1.35. The molecule has 182 valence electrons. The molecule has 1 unspecified atom stereocenters. The number of carbonyl (C=O) groups is 1. The van der Waals surface area contributed by atoms with E-state index < -0.39 is 30.0 Å². The molecule has 6 nitrogen and oxygen atoms in total. The van der Waals surface area contributed by atoms with Gasteiger partial charge in [-0.15, -0.1) is 24.9 Å². The molecule has 11 heteroatoms. The normalized spacial score (nSPS) is 12.5. The van der Waals surface area contributed by atoms with Crippen LogP contribution in [0.2, 0.25) is 0 Å². The molecule has 0 aliphatic rings. The standard InChI is InChI=1S/C24H18F4N2O4S/c1-13-11-16(9-10-19(13)33-12-20(31)32)35-23(14-5-7-15(8-6-14)34-24(26,27)28)22-17-3-2-4-18(25)21(17)29-30-22/h2-11,23H,12H2,1H3,(H,29,30)(H,31,32). The van der Waals surface area contributed by atoms with Crippen LogP contribution in [-0.2, 0) is 4.79 Å². The van der Waals surface area contributed by atoms with Crippen LogP contribution >= 0.6 is 11.8 Å². The topological polar surface area (TPSA) is 84.4 Å². The van der Waals surface area contributed by atoms with Crippen molar-refractivity contribution in [3.63, 3.8) is 0 Å². The third kappa shape index (κ3) is 5.86. The fraction of sp³-hybridized carbons (Fsp3) is 0.167. The zero-order valence-electron chi connectivity index (χ0n) is 18.1. The van der Waals surface area contributed by atoms with Gasteiger partial charge in [-0.2, -0.15) is 5.10 Å². The molecule has 4 rings (SSSR count). The number of carboxylic acid groups (broad SMARTS) is 1. The number of alkyl halides is 3. The molecule has 0 radical (unpaired) electrons. The molecule has 4 aromatic rings. The molecule has 1 heterocycles. The predicted molar refractivity (Wildman–Crippen MR) is 121 cm³/mol. The van der Waals surface area contributed by atoms with Gasteiger partial charge in [-0.25, -0.2) is 9.18 Å². The Morgan fingerprint density at radius 1 is 1.14 bits per heavy atom. The van der Waals surface area contributed by atoms with Crippen LogP contribution in [-0.4, -0.2) is 34.2 Å². The number of fused-ring (bicyclic) bond motifs is 1. The highest BCUT2D eigenvalue weighted by Gasteiger charge is 2.31. The minimum absolute atomic E-state index is 0.221. The molecule has 1 atom stereocenters. The first kappa shape index (κ1) is 24.4. The number of benzene rings is 3. The van der Waals surface area contributed by atoms with Crippen molar-refractivity contribution in [1.29, 1.82) is 0 Å². The van der Waals surface area contributed by atoms with Gasteiger partial charge in [0.2, 0.25) is 0 Å². The third-order valence-electron chi connectivity index (χ3n) is 4.99. The van der Waals surface area contributed by atoms with Crippen molar-refractivity contribution in [2.24, 2.45) is 0 Å². The van der Waals surface area contributed by atoms with Crippen molar-refractivity contribution >= 4 is 28.6 Å². The smallest absolute Gasteiger partial charge is 0.482 e. The van der Waals surface area contributed by atoms with Gasteiger partial charge in [0.1, 0.15) is 22.8 Å². The van der Waals surface area contributed by atoms with Gasteiger partial charge in [-0.1, -0.05) is 24.3 Å². The summed E-state index contributed by atoms with van der Waals surface area (Å²) in [5.74, 6) is -1.53. The van der Waals surface area contributed by atoms with Crippen LogP contribution in [0.1, 0.15) is 22.1 Å². The SMILES string of the molecule is Cc1cc(SC(c2ccc(OC(F)(F)F)cc2)c2n[nH]c3c(F)cccc23)ccc1OCC(=O)O. The Labute approximate surface area is 200 Å². The second-order valence-corrected chi connectivity index (χ2v) is 8.67. The van der Waals surface area contributed by atoms with Gasteiger partial charge >= 0.3 is 12.3 Å². The van der Waals surface area contributed by atoms with E-state index >= 15 is 0 Å². The number of aryl methyl sites for hydroxylation is 1. The summed E-state index contributed by atoms with van der Waals surface area (Å²) in [6.45, 7) is 1.28. The van der Waals surface area contributed by atoms with E-state index in [1.165, 1.54) is 42.1 Å². The van der Waals surface area contributed by atoms with Crippen molar-refractivity contribution in [3.05, 3.63) is 83.3 Å². The summed E-state index contributed by atoms with van der Waals surface area (Å²) < 4.78 is 61.2. The molecular formula is C24H18F4N2O4S. The fourth-order valence-corrected chi connectivity index (χ4v) is 4.73. The zero-order valence-corrected chi connectivity index (χ0v) is 18.9. The quantitative estimate of drug-likeness (QED) is 0.217. The summed E-state index contributed by atoms with van der Waals surface area (Å²) in [7, 11) is 0. The summed E-state index contributed by atoms with van der Waals surface area (Å²) in [6, 6.07) is 15.1. The van der Waals surface area contributed by atoms with Crippen LogP contribution in [0.25, 0.3) is 10.9 Å². The van der Waals surface area contributed by atoms with Crippen molar-refractivity contribution in [2.75, 3.05) is 6.61 Å². The number of aliphatic carboxylic acids is 1. The van der Waals surface area contributed by atoms with Gasteiger partial charge in [0.25, 0.3) is 0 Å². The summed E-state index contributed by atoms with van der Waals surface area (Å²) in [4.78, 5) is 11.5. The predicted octanol–water partition coefficient (Wildman–Crippen LogP) is 6.25. The number of rotatable bonds is 8. The number of halogens is 4. The van der Waals surface area contributed by atoms with Gasteiger partial charge in [0, 0.05) is 10.3 Å². The second kappa shape index (κ2) is 9.87. The highest BCUT2D eigenvalue weighted by Crippen LogP contribution is 2.43. The highest BCUT2D eigenvalue weighted by atomic mass is 32.2. The van der Waals surface area contributed by atoms with Crippen molar-refractivity contribution in [1.82, 2.24) is 10.2 Å². The Kier molecular flexibility index (Phi) is 6.88. The molecular weight excluding hydrogens is 488 g/mol. The first-order chi connectivity index (χ1) is 16.6. The number of nitrogens with zero attached hydrogens (tertiary/aromatic N) is 1. The number of hydrogen-bond acceptors (Lipinski definition) is 5. The molecule has 35 heavy (non-hydrogen) atoms. The van der Waals surface area contributed by atoms with E-state index in [2.05, 4.69) is 14.9 Å². The second-order valence-electron chi connectivity index (χ2n) is 7.50. The number of aromatic nitrogens is 2. The lowest BCUT2D eigenvalue weighted by Crippen LogP contribution is -2.17. The average molecular weight is 506 g/mol. The molecule has 0 amide bonds. The monoisotopic (exact) mass is 506 g/mol. The Morgan fingerprint density at radius 3 is 2.54 bits per heavy atom. The molecule has 0 saturated carbocycles. The maximum Gasteiger partial charge on any atom is 0.573 e. The number of aromatic amines is 1. The van der Waals surface area contributed by atoms with Crippen molar-refractivity contribution in [2.45, 2.75) is 23.4 Å². The molecule has 3 aromatic carbocycles. The maximum atomic E-state index is 14.3. The molecule has 0 bridgehead atoms. The van der Waals surface area contributed by atoms with Gasteiger partial charge in [-0.05, 0) is 54.4 Å². The lowest BCUT2D eigenvalue weighted by Gasteiger charge is -2.18. The number of para-hydroxylation sites is 1. The van der Waals surface area contributed by atoms with Gasteiger partial charge in [0.05, 0.1) is 10.9 Å². The molecule has 1 aromatic heterocycles. The Balaban J connectivity index is 1.70. The molecule has 0 aliphatic heterocycles. The fourth-order valence-electron chi connectivity index (χ4n) is 3.49. The van der Waals surface area contributed by atoms with Crippen molar-refractivity contribution in [3.8, 4) is 11.5 Å². The lowest BCUT2D eigenvalue weighted by molar-refractivity contribution is -0.274. The maximum absolute atomic E-state index is 14.3. The number of hydrogen-bond donors (Lipinski definition) is 2. The summed E-state index contributed by atoms with van der Waals surface area (Å²) in [6.07, 6.45) is -4.81. The number of ether oxygens (including phenoxy) is 2. The van der Waals surface area contributed by atoms with Crippen LogP contribution in [0.4, 0.5) is 17.6 Å². The first-order valence-electron chi connectivity index (χ1n) is 10.2. The van der Waals surface area contributed by atoms with Crippen LogP contribution in [0.3, 0.4) is 0 Å². The molecule has 2 N–H and O–H groups in total. The van der Waals surface area contributed by atoms with E-state index in [4.69, 9.17) is 9.84 Å². The van der Waals surface area contributed by atoms with E-state index in [-0.39, 0.29) is 11.3 Å². The summed E-state index contributed by atoms with van der Waals surface area (Å²) in [5.41, 5.74) is 2.03. The Hall–Kier alpha value is -3.73. The number of nitrogens with one attached hydrogen (secondary N) is 1. The van der Waals surface area contributed by atoms with Gasteiger partial charge in [-0.3, -0.25) is 5.10 Å². The van der Waals surface area contributed by atoms with Crippen LogP contribution in [0, 0.1) is 12.7 Å². The lowest BCUT2D eigenvalue weighted by atomic mass is 10.1. The number of thioether (sulfide) groups is 1. The van der Waals surface area contributed by atoms with E-state index in [0.717, 1.165) is 4.90 Å². The van der Waals surface area contributed by atoms with Gasteiger partial charge < -0.3 is 14.6 Å². The average Bonchev–Trinajstić information content (AvgIpc) is 3.22. The number of carboxylic acids is 1.